The molecule has 0 aliphatic carbocycles. The van der Waals surface area contributed by atoms with Gasteiger partial charge in [0.1, 0.15) is 6.54 Å². The first-order valence-corrected chi connectivity index (χ1v) is 5.59. The van der Waals surface area contributed by atoms with Gasteiger partial charge in [0.25, 0.3) is 5.91 Å². The van der Waals surface area contributed by atoms with Crippen LogP contribution in [0.2, 0.25) is 0 Å². The van der Waals surface area contributed by atoms with E-state index in [4.69, 9.17) is 14.6 Å². The SMILES string of the molecule is COc1cc(C(=O)NCC(=O)O)cc(OC)c1OC(F)F. The molecule has 1 rings (SSSR count). The fourth-order valence-corrected chi connectivity index (χ4v) is 1.47. The molecule has 0 fully saturated rings. The summed E-state index contributed by atoms with van der Waals surface area (Å²) in [7, 11) is 2.40. The highest BCUT2D eigenvalue weighted by Gasteiger charge is 2.20. The molecule has 0 bridgehead atoms. The number of aliphatic carboxylic acids is 1. The summed E-state index contributed by atoms with van der Waals surface area (Å²) in [5.74, 6) is -2.59. The molecule has 0 saturated heterocycles. The minimum Gasteiger partial charge on any atom is -0.493 e. The molecule has 0 radical (unpaired) electrons. The van der Waals surface area contributed by atoms with Crippen molar-refractivity contribution in [3.8, 4) is 17.2 Å². The second kappa shape index (κ2) is 7.27. The average Bonchev–Trinajstić information content (AvgIpc) is 2.44. The molecule has 1 amide bonds. The maximum Gasteiger partial charge on any atom is 0.387 e. The molecule has 0 atom stereocenters. The lowest BCUT2D eigenvalue weighted by Crippen LogP contribution is -2.29. The van der Waals surface area contributed by atoms with Crippen molar-refractivity contribution in [3.05, 3.63) is 17.7 Å². The Morgan fingerprint density at radius 3 is 2.14 bits per heavy atom. The molecule has 0 aliphatic rings. The number of nitrogens with one attached hydrogen (secondary N) is 1. The summed E-state index contributed by atoms with van der Waals surface area (Å²) in [6.07, 6.45) is 0. The summed E-state index contributed by atoms with van der Waals surface area (Å²) < 4.78 is 38.7. The molecule has 1 aromatic rings. The molecule has 0 aromatic heterocycles. The van der Waals surface area contributed by atoms with E-state index in [9.17, 15) is 18.4 Å². The predicted octanol–water partition coefficient (Wildman–Crippen LogP) is 1.12. The number of alkyl halides is 2. The van der Waals surface area contributed by atoms with Crippen LogP contribution in [0.25, 0.3) is 0 Å². The molecule has 21 heavy (non-hydrogen) atoms. The molecule has 2 N–H and O–H groups in total. The van der Waals surface area contributed by atoms with Crippen LogP contribution in [0.1, 0.15) is 10.4 Å². The smallest absolute Gasteiger partial charge is 0.387 e. The Kier molecular flexibility index (Phi) is 5.70. The van der Waals surface area contributed by atoms with Crippen molar-refractivity contribution in [2.24, 2.45) is 0 Å². The van der Waals surface area contributed by atoms with Crippen LogP contribution in [-0.4, -0.2) is 44.4 Å². The van der Waals surface area contributed by atoms with E-state index in [2.05, 4.69) is 10.1 Å². The van der Waals surface area contributed by atoms with Gasteiger partial charge in [-0.3, -0.25) is 9.59 Å². The first-order chi connectivity index (χ1) is 9.88. The lowest BCUT2D eigenvalue weighted by Gasteiger charge is -2.15. The second-order valence-corrected chi connectivity index (χ2v) is 3.66. The van der Waals surface area contributed by atoms with E-state index < -0.39 is 25.0 Å². The maximum atomic E-state index is 12.3. The quantitative estimate of drug-likeness (QED) is 0.784. The average molecular weight is 305 g/mol. The van der Waals surface area contributed by atoms with Crippen LogP contribution in [0.5, 0.6) is 17.2 Å². The Bertz CT molecular complexity index is 509. The summed E-state index contributed by atoms with van der Waals surface area (Å²) in [4.78, 5) is 22.1. The number of benzene rings is 1. The molecule has 0 saturated carbocycles. The monoisotopic (exact) mass is 305 g/mol. The van der Waals surface area contributed by atoms with Crippen molar-refractivity contribution in [2.45, 2.75) is 6.61 Å². The van der Waals surface area contributed by atoms with Gasteiger partial charge in [0.05, 0.1) is 14.2 Å². The summed E-state index contributed by atoms with van der Waals surface area (Å²) in [6.45, 7) is -3.68. The fraction of sp³-hybridized carbons (Fsp3) is 0.333. The van der Waals surface area contributed by atoms with Gasteiger partial charge in [0.2, 0.25) is 5.75 Å². The molecule has 0 aliphatic heterocycles. The van der Waals surface area contributed by atoms with Crippen molar-refractivity contribution in [1.29, 1.82) is 0 Å². The number of hydrogen-bond donors (Lipinski definition) is 2. The summed E-state index contributed by atoms with van der Waals surface area (Å²) in [6, 6.07) is 2.27. The van der Waals surface area contributed by atoms with E-state index in [1.807, 2.05) is 0 Å². The molecule has 116 valence electrons. The zero-order valence-corrected chi connectivity index (χ0v) is 11.2. The molecule has 0 spiro atoms. The lowest BCUT2D eigenvalue weighted by atomic mass is 10.1. The molecule has 1 aromatic carbocycles. The Morgan fingerprint density at radius 2 is 1.76 bits per heavy atom. The number of carbonyl (C=O) groups is 2. The minimum absolute atomic E-state index is 0.0217. The highest BCUT2D eigenvalue weighted by molar-refractivity contribution is 5.97. The summed E-state index contributed by atoms with van der Waals surface area (Å²) in [5, 5.41) is 10.6. The Balaban J connectivity index is 3.13. The number of amides is 1. The molecular weight excluding hydrogens is 292 g/mol. The van der Waals surface area contributed by atoms with E-state index in [-0.39, 0.29) is 22.8 Å². The first kappa shape index (κ1) is 16.5. The van der Waals surface area contributed by atoms with E-state index in [1.54, 1.807) is 0 Å². The number of hydrogen-bond acceptors (Lipinski definition) is 5. The van der Waals surface area contributed by atoms with Gasteiger partial charge in [-0.2, -0.15) is 8.78 Å². The summed E-state index contributed by atoms with van der Waals surface area (Å²) >= 11 is 0. The van der Waals surface area contributed by atoms with Crippen molar-refractivity contribution in [2.75, 3.05) is 20.8 Å². The van der Waals surface area contributed by atoms with Crippen LogP contribution in [0.3, 0.4) is 0 Å². The Morgan fingerprint density at radius 1 is 1.24 bits per heavy atom. The molecule has 0 unspecified atom stereocenters. The number of carboxylic acids is 1. The van der Waals surface area contributed by atoms with Crippen molar-refractivity contribution >= 4 is 11.9 Å². The molecular formula is C12H13F2NO6. The van der Waals surface area contributed by atoms with E-state index in [1.165, 1.54) is 14.2 Å². The third-order valence-corrected chi connectivity index (χ3v) is 2.33. The third kappa shape index (κ3) is 4.48. The van der Waals surface area contributed by atoms with Gasteiger partial charge in [0.15, 0.2) is 11.5 Å². The van der Waals surface area contributed by atoms with Gasteiger partial charge in [-0.1, -0.05) is 0 Å². The predicted molar refractivity (Wildman–Crippen MR) is 66.1 cm³/mol. The summed E-state index contributed by atoms with van der Waals surface area (Å²) in [5.41, 5.74) is -0.0217. The van der Waals surface area contributed by atoms with Crippen LogP contribution in [0, 0.1) is 0 Å². The number of rotatable bonds is 7. The Labute approximate surface area is 118 Å². The number of ether oxygens (including phenoxy) is 3. The highest BCUT2D eigenvalue weighted by Crippen LogP contribution is 2.39. The molecule has 9 heteroatoms. The fourth-order valence-electron chi connectivity index (χ4n) is 1.47. The molecule has 7 nitrogen and oxygen atoms in total. The van der Waals surface area contributed by atoms with E-state index in [0.717, 1.165) is 12.1 Å². The van der Waals surface area contributed by atoms with Crippen LogP contribution in [-0.2, 0) is 4.79 Å². The largest absolute Gasteiger partial charge is 0.493 e. The van der Waals surface area contributed by atoms with Crippen molar-refractivity contribution in [1.82, 2.24) is 5.32 Å². The van der Waals surface area contributed by atoms with Gasteiger partial charge in [-0.15, -0.1) is 0 Å². The van der Waals surface area contributed by atoms with Crippen molar-refractivity contribution in [3.63, 3.8) is 0 Å². The first-order valence-electron chi connectivity index (χ1n) is 5.59. The third-order valence-electron chi connectivity index (χ3n) is 2.33. The van der Waals surface area contributed by atoms with Crippen LogP contribution >= 0.6 is 0 Å². The van der Waals surface area contributed by atoms with Gasteiger partial charge in [-0.05, 0) is 12.1 Å². The second-order valence-electron chi connectivity index (χ2n) is 3.66. The van der Waals surface area contributed by atoms with Crippen LogP contribution in [0.4, 0.5) is 8.78 Å². The minimum atomic E-state index is -3.10. The van der Waals surface area contributed by atoms with E-state index >= 15 is 0 Å². The zero-order chi connectivity index (χ0) is 16.0. The normalized spacial score (nSPS) is 10.1. The maximum absolute atomic E-state index is 12.3. The van der Waals surface area contributed by atoms with Crippen LogP contribution < -0.4 is 19.5 Å². The van der Waals surface area contributed by atoms with Gasteiger partial charge < -0.3 is 24.6 Å². The van der Waals surface area contributed by atoms with Gasteiger partial charge in [-0.25, -0.2) is 0 Å². The van der Waals surface area contributed by atoms with E-state index in [0.29, 0.717) is 0 Å². The van der Waals surface area contributed by atoms with Gasteiger partial charge in [0, 0.05) is 5.56 Å². The number of methoxy groups -OCH3 is 2. The van der Waals surface area contributed by atoms with Crippen LogP contribution in [0.15, 0.2) is 12.1 Å². The number of halogens is 2. The van der Waals surface area contributed by atoms with Crippen molar-refractivity contribution < 1.29 is 37.7 Å². The van der Waals surface area contributed by atoms with Gasteiger partial charge >= 0.3 is 12.6 Å². The zero-order valence-electron chi connectivity index (χ0n) is 11.2. The number of carbonyl (C=O) groups excluding carboxylic acids is 1. The topological polar surface area (TPSA) is 94.1 Å². The molecule has 0 heterocycles. The lowest BCUT2D eigenvalue weighted by molar-refractivity contribution is -0.135. The highest BCUT2D eigenvalue weighted by atomic mass is 19.3. The Hall–Kier alpha value is -2.58. The standard InChI is InChI=1S/C12H13F2NO6/c1-19-7-3-6(11(18)15-5-9(16)17)4-8(20-2)10(7)21-12(13)14/h3-4,12H,5H2,1-2H3,(H,15,18)(H,16,17). The number of carboxylic acid groups (broad SMARTS) is 1.